The van der Waals surface area contributed by atoms with Crippen molar-refractivity contribution < 1.29 is 9.53 Å². The minimum absolute atomic E-state index is 0.0143. The number of ether oxygens (including phenoxy) is 1. The van der Waals surface area contributed by atoms with E-state index in [1.807, 2.05) is 31.4 Å². The maximum atomic E-state index is 12.4. The van der Waals surface area contributed by atoms with Crippen molar-refractivity contribution >= 4 is 11.8 Å². The van der Waals surface area contributed by atoms with Crippen LogP contribution in [-0.4, -0.2) is 61.3 Å². The van der Waals surface area contributed by atoms with Crippen LogP contribution >= 0.6 is 0 Å². The van der Waals surface area contributed by atoms with E-state index in [1.54, 1.807) is 4.90 Å². The van der Waals surface area contributed by atoms with Gasteiger partial charge in [-0.3, -0.25) is 0 Å². The summed E-state index contributed by atoms with van der Waals surface area (Å²) in [5.74, 6) is 1.02. The number of carbonyl (C=O) groups is 1. The number of carbonyl (C=O) groups excluding carboxylic acids is 1. The normalized spacial score (nSPS) is 22.2. The van der Waals surface area contributed by atoms with E-state index in [0.29, 0.717) is 6.54 Å². The maximum absolute atomic E-state index is 12.4. The molecular formula is C18H28N4O2. The van der Waals surface area contributed by atoms with Crippen molar-refractivity contribution in [1.29, 1.82) is 0 Å². The Balaban J connectivity index is 1.41. The number of urea groups is 1. The van der Waals surface area contributed by atoms with Gasteiger partial charge in [0.2, 0.25) is 0 Å². The van der Waals surface area contributed by atoms with Gasteiger partial charge < -0.3 is 19.9 Å². The third-order valence-electron chi connectivity index (χ3n) is 4.89. The average Bonchev–Trinajstić information content (AvgIpc) is 2.64. The largest absolute Gasteiger partial charge is 0.376 e. The van der Waals surface area contributed by atoms with E-state index in [9.17, 15) is 4.79 Å². The minimum Gasteiger partial charge on any atom is -0.376 e. The van der Waals surface area contributed by atoms with Crippen molar-refractivity contribution in [3.05, 3.63) is 24.4 Å². The molecule has 0 spiro atoms. The minimum atomic E-state index is 0.0143. The number of anilines is 1. The molecule has 24 heavy (non-hydrogen) atoms. The van der Waals surface area contributed by atoms with Crippen LogP contribution in [0.5, 0.6) is 0 Å². The summed E-state index contributed by atoms with van der Waals surface area (Å²) in [4.78, 5) is 20.8. The summed E-state index contributed by atoms with van der Waals surface area (Å²) in [6.45, 7) is 3.36. The van der Waals surface area contributed by atoms with E-state index in [2.05, 4.69) is 15.2 Å². The van der Waals surface area contributed by atoms with Crippen LogP contribution in [0.1, 0.15) is 32.1 Å². The summed E-state index contributed by atoms with van der Waals surface area (Å²) in [5.41, 5.74) is 0. The fourth-order valence-corrected chi connectivity index (χ4v) is 3.42. The van der Waals surface area contributed by atoms with Crippen LogP contribution in [0.25, 0.3) is 0 Å². The van der Waals surface area contributed by atoms with Gasteiger partial charge in [-0.2, -0.15) is 0 Å². The number of rotatable bonds is 4. The van der Waals surface area contributed by atoms with Crippen molar-refractivity contribution in [3.63, 3.8) is 0 Å². The summed E-state index contributed by atoms with van der Waals surface area (Å²) in [6.07, 6.45) is 7.32. The lowest BCUT2D eigenvalue weighted by atomic mass is 10.1. The lowest BCUT2D eigenvalue weighted by molar-refractivity contribution is 0.00367. The monoisotopic (exact) mass is 332 g/mol. The van der Waals surface area contributed by atoms with E-state index >= 15 is 0 Å². The van der Waals surface area contributed by atoms with E-state index < -0.39 is 0 Å². The second-order valence-electron chi connectivity index (χ2n) is 6.77. The van der Waals surface area contributed by atoms with Gasteiger partial charge in [-0.1, -0.05) is 6.07 Å². The fraction of sp³-hybridized carbons (Fsp3) is 0.667. The van der Waals surface area contributed by atoms with Crippen molar-refractivity contribution in [2.75, 3.05) is 38.2 Å². The van der Waals surface area contributed by atoms with Crippen molar-refractivity contribution in [2.24, 2.45) is 0 Å². The second kappa shape index (κ2) is 8.33. The maximum Gasteiger partial charge on any atom is 0.317 e. The van der Waals surface area contributed by atoms with E-state index in [4.69, 9.17) is 4.74 Å². The number of hydrogen-bond acceptors (Lipinski definition) is 4. The third kappa shape index (κ3) is 4.60. The molecule has 3 rings (SSSR count). The van der Waals surface area contributed by atoms with Gasteiger partial charge in [0.25, 0.3) is 0 Å². The second-order valence-corrected chi connectivity index (χ2v) is 6.77. The first-order valence-electron chi connectivity index (χ1n) is 9.01. The van der Waals surface area contributed by atoms with Crippen molar-refractivity contribution in [3.8, 4) is 0 Å². The Morgan fingerprint density at radius 2 is 2.17 bits per heavy atom. The van der Waals surface area contributed by atoms with Gasteiger partial charge in [0.1, 0.15) is 5.82 Å². The van der Waals surface area contributed by atoms with Crippen LogP contribution in [0.2, 0.25) is 0 Å². The van der Waals surface area contributed by atoms with Crippen molar-refractivity contribution in [2.45, 2.75) is 44.2 Å². The number of nitrogens with one attached hydrogen (secondary N) is 1. The predicted octanol–water partition coefficient (Wildman–Crippen LogP) is 2.26. The summed E-state index contributed by atoms with van der Waals surface area (Å²) in [5, 5.41) is 3.16. The molecule has 2 aliphatic heterocycles. The van der Waals surface area contributed by atoms with Crippen LogP contribution in [-0.2, 0) is 4.74 Å². The van der Waals surface area contributed by atoms with Gasteiger partial charge in [-0.05, 0) is 44.2 Å². The highest BCUT2D eigenvalue weighted by molar-refractivity contribution is 5.74. The molecule has 132 valence electrons. The molecule has 1 N–H and O–H groups in total. The third-order valence-corrected chi connectivity index (χ3v) is 4.89. The Morgan fingerprint density at radius 3 is 2.83 bits per heavy atom. The first kappa shape index (κ1) is 17.0. The Hall–Kier alpha value is -1.82. The molecule has 6 nitrogen and oxygen atoms in total. The number of hydrogen-bond donors (Lipinski definition) is 1. The Bertz CT molecular complexity index is 511. The summed E-state index contributed by atoms with van der Waals surface area (Å²) >= 11 is 0. The highest BCUT2D eigenvalue weighted by Gasteiger charge is 2.24. The summed E-state index contributed by atoms with van der Waals surface area (Å²) < 4.78 is 5.72. The molecular weight excluding hydrogens is 304 g/mol. The molecule has 3 heterocycles. The number of aromatic nitrogens is 1. The molecule has 2 fully saturated rings. The van der Waals surface area contributed by atoms with Gasteiger partial charge in [0.05, 0.1) is 6.10 Å². The standard InChI is InChI=1S/C18H28N4O2/c1-21(14-16-6-3-5-13-24-16)18(23)20-15-8-11-22(12-9-15)17-7-2-4-10-19-17/h2,4,7,10,15-16H,3,5-6,8-9,11-14H2,1H3,(H,20,23). The zero-order chi connectivity index (χ0) is 16.8. The molecule has 2 aliphatic rings. The Morgan fingerprint density at radius 1 is 1.33 bits per heavy atom. The molecule has 0 saturated carbocycles. The van der Waals surface area contributed by atoms with E-state index in [1.165, 1.54) is 6.42 Å². The molecule has 1 aromatic rings. The number of pyridine rings is 1. The topological polar surface area (TPSA) is 57.7 Å². The lowest BCUT2D eigenvalue weighted by Gasteiger charge is -2.34. The van der Waals surface area contributed by atoms with Crippen molar-refractivity contribution in [1.82, 2.24) is 15.2 Å². The average molecular weight is 332 g/mol. The molecule has 6 heteroatoms. The number of piperidine rings is 1. The zero-order valence-electron chi connectivity index (χ0n) is 14.5. The van der Waals surface area contributed by atoms with Crippen LogP contribution < -0.4 is 10.2 Å². The Labute approximate surface area is 144 Å². The van der Waals surface area contributed by atoms with Gasteiger partial charge in [0, 0.05) is 45.5 Å². The number of nitrogens with zero attached hydrogens (tertiary/aromatic N) is 3. The van der Waals surface area contributed by atoms with Crippen LogP contribution in [0.4, 0.5) is 10.6 Å². The highest BCUT2D eigenvalue weighted by Crippen LogP contribution is 2.18. The summed E-state index contributed by atoms with van der Waals surface area (Å²) in [6, 6.07) is 6.24. The molecule has 1 atom stereocenters. The predicted molar refractivity (Wildman–Crippen MR) is 94.2 cm³/mol. The van der Waals surface area contributed by atoms with Gasteiger partial charge >= 0.3 is 6.03 Å². The summed E-state index contributed by atoms with van der Waals surface area (Å²) in [7, 11) is 1.86. The van der Waals surface area contributed by atoms with Gasteiger partial charge in [0.15, 0.2) is 0 Å². The molecule has 0 bridgehead atoms. The molecule has 0 aromatic carbocycles. The molecule has 2 saturated heterocycles. The first-order valence-corrected chi connectivity index (χ1v) is 9.01. The van der Waals surface area contributed by atoms with Crippen LogP contribution in [0, 0.1) is 0 Å². The molecule has 1 unspecified atom stereocenters. The smallest absolute Gasteiger partial charge is 0.317 e. The lowest BCUT2D eigenvalue weighted by Crippen LogP contribution is -2.50. The van der Waals surface area contributed by atoms with E-state index in [0.717, 1.165) is 51.2 Å². The number of likely N-dealkylation sites (N-methyl/N-ethyl adjacent to an activating group) is 1. The zero-order valence-corrected chi connectivity index (χ0v) is 14.5. The Kier molecular flexibility index (Phi) is 5.91. The molecule has 0 radical (unpaired) electrons. The van der Waals surface area contributed by atoms with Gasteiger partial charge in [-0.15, -0.1) is 0 Å². The van der Waals surface area contributed by atoms with E-state index in [-0.39, 0.29) is 18.2 Å². The molecule has 2 amide bonds. The number of amides is 2. The first-order chi connectivity index (χ1) is 11.7. The SMILES string of the molecule is CN(CC1CCCCO1)C(=O)NC1CCN(c2ccccn2)CC1. The molecule has 0 aliphatic carbocycles. The van der Waals surface area contributed by atoms with Gasteiger partial charge in [-0.25, -0.2) is 9.78 Å². The fourth-order valence-electron chi connectivity index (χ4n) is 3.42. The van der Waals surface area contributed by atoms with Crippen LogP contribution in [0.3, 0.4) is 0 Å². The highest BCUT2D eigenvalue weighted by atomic mass is 16.5. The quantitative estimate of drug-likeness (QED) is 0.919. The van der Waals surface area contributed by atoms with Crippen LogP contribution in [0.15, 0.2) is 24.4 Å². The molecule has 1 aromatic heterocycles.